The molecule has 6 heteroatoms. The lowest BCUT2D eigenvalue weighted by Gasteiger charge is -2.17. The fraction of sp³-hybridized carbons (Fsp3) is 0.300. The van der Waals surface area contributed by atoms with Crippen LogP contribution in [0.15, 0.2) is 48.5 Å². The average Bonchev–Trinajstić information content (AvgIpc) is 2.59. The van der Waals surface area contributed by atoms with Gasteiger partial charge in [-0.15, -0.1) is 0 Å². The number of likely N-dealkylation sites (N-methyl/N-ethyl adjacent to an activating group) is 1. The first kappa shape index (κ1) is 19.6. The maximum Gasteiger partial charge on any atom is 0.258 e. The maximum absolute atomic E-state index is 12.6. The van der Waals surface area contributed by atoms with Crippen LogP contribution < -0.4 is 10.6 Å². The Kier molecular flexibility index (Phi) is 6.89. The number of carbonyl (C=O) groups excluding carboxylic acids is 2. The number of anilines is 2. The summed E-state index contributed by atoms with van der Waals surface area (Å²) in [6.07, 6.45) is -0.704. The molecule has 1 unspecified atom stereocenters. The molecule has 0 radical (unpaired) electrons. The molecule has 2 rings (SSSR count). The molecule has 0 aliphatic heterocycles. The Hall–Kier alpha value is -2.70. The third kappa shape index (κ3) is 5.40. The molecule has 0 fully saturated rings. The summed E-state index contributed by atoms with van der Waals surface area (Å²) >= 11 is 0. The van der Waals surface area contributed by atoms with Crippen LogP contribution in [0.25, 0.3) is 0 Å². The van der Waals surface area contributed by atoms with Gasteiger partial charge in [-0.3, -0.25) is 9.59 Å². The number of hydrogen-bond acceptors (Lipinski definition) is 4. The smallest absolute Gasteiger partial charge is 0.258 e. The fourth-order valence-electron chi connectivity index (χ4n) is 2.54. The van der Waals surface area contributed by atoms with E-state index in [9.17, 15) is 9.59 Å². The van der Waals surface area contributed by atoms with E-state index in [2.05, 4.69) is 10.6 Å². The Morgan fingerprint density at radius 2 is 1.77 bits per heavy atom. The van der Waals surface area contributed by atoms with Crippen LogP contribution >= 0.6 is 0 Å². The summed E-state index contributed by atoms with van der Waals surface area (Å²) in [6, 6.07) is 14.7. The predicted molar refractivity (Wildman–Crippen MR) is 103 cm³/mol. The van der Waals surface area contributed by atoms with Crippen LogP contribution in [0.4, 0.5) is 11.4 Å². The number of hydrogen-bond donors (Lipinski definition) is 2. The first-order valence-corrected chi connectivity index (χ1v) is 8.34. The van der Waals surface area contributed by atoms with Gasteiger partial charge in [0.15, 0.2) is 6.10 Å². The molecule has 0 spiro atoms. The highest BCUT2D eigenvalue weighted by Crippen LogP contribution is 2.23. The van der Waals surface area contributed by atoms with Crippen molar-refractivity contribution in [2.24, 2.45) is 0 Å². The number of aryl methyl sites for hydroxylation is 1. The van der Waals surface area contributed by atoms with E-state index >= 15 is 0 Å². The van der Waals surface area contributed by atoms with Crippen molar-refractivity contribution in [2.45, 2.75) is 13.0 Å². The van der Waals surface area contributed by atoms with Gasteiger partial charge in [-0.2, -0.15) is 0 Å². The van der Waals surface area contributed by atoms with E-state index in [1.54, 1.807) is 17.0 Å². The number of methoxy groups -OCH3 is 1. The topological polar surface area (TPSA) is 70.7 Å². The maximum atomic E-state index is 12.6. The number of carbonyl (C=O) groups is 2. The van der Waals surface area contributed by atoms with Crippen molar-refractivity contribution < 1.29 is 14.3 Å². The second-order valence-corrected chi connectivity index (χ2v) is 6.33. The fourth-order valence-corrected chi connectivity index (χ4v) is 2.54. The predicted octanol–water partition coefficient (Wildman–Crippen LogP) is 2.82. The highest BCUT2D eigenvalue weighted by Gasteiger charge is 2.20. The molecule has 2 N–H and O–H groups in total. The number of ether oxygens (including phenoxy) is 1. The Morgan fingerprint density at radius 3 is 2.38 bits per heavy atom. The molecule has 2 aromatic rings. The highest BCUT2D eigenvalue weighted by atomic mass is 16.5. The first-order chi connectivity index (χ1) is 12.4. The third-order valence-electron chi connectivity index (χ3n) is 3.82. The van der Waals surface area contributed by atoms with Crippen LogP contribution in [-0.4, -0.2) is 44.5 Å². The van der Waals surface area contributed by atoms with Crippen molar-refractivity contribution in [2.75, 3.05) is 38.4 Å². The summed E-state index contributed by atoms with van der Waals surface area (Å²) in [6.45, 7) is 2.19. The lowest BCUT2D eigenvalue weighted by Crippen LogP contribution is -2.27. The van der Waals surface area contributed by atoms with Crippen molar-refractivity contribution in [3.8, 4) is 0 Å². The average molecular weight is 355 g/mol. The van der Waals surface area contributed by atoms with E-state index in [1.165, 1.54) is 7.11 Å². The normalized spacial score (nSPS) is 11.9. The molecule has 0 saturated heterocycles. The van der Waals surface area contributed by atoms with E-state index in [0.717, 1.165) is 11.1 Å². The van der Waals surface area contributed by atoms with Crippen molar-refractivity contribution >= 4 is 23.2 Å². The van der Waals surface area contributed by atoms with Gasteiger partial charge in [0.1, 0.15) is 0 Å². The van der Waals surface area contributed by atoms with E-state index in [-0.39, 0.29) is 18.4 Å². The zero-order valence-electron chi connectivity index (χ0n) is 15.6. The third-order valence-corrected chi connectivity index (χ3v) is 3.82. The van der Waals surface area contributed by atoms with Crippen LogP contribution in [0.2, 0.25) is 0 Å². The summed E-state index contributed by atoms with van der Waals surface area (Å²) in [4.78, 5) is 26.4. The standard InChI is InChI=1S/C20H25N3O3/c1-14-10-11-16(12-17(14)22-18(24)13-23(2)3)21-20(25)19(26-4)15-8-6-5-7-9-15/h5-12,19H,13H2,1-4H3,(H,21,25)(H,22,24). The number of amides is 2. The van der Waals surface area contributed by atoms with Crippen LogP contribution in [0.5, 0.6) is 0 Å². The first-order valence-electron chi connectivity index (χ1n) is 8.34. The monoisotopic (exact) mass is 355 g/mol. The van der Waals surface area contributed by atoms with E-state index in [1.807, 2.05) is 57.4 Å². The van der Waals surface area contributed by atoms with E-state index < -0.39 is 6.10 Å². The molecule has 138 valence electrons. The molecule has 6 nitrogen and oxygen atoms in total. The zero-order chi connectivity index (χ0) is 19.1. The molecule has 0 aliphatic rings. The van der Waals surface area contributed by atoms with Crippen molar-refractivity contribution in [1.82, 2.24) is 4.90 Å². The van der Waals surface area contributed by atoms with Gasteiger partial charge in [0, 0.05) is 18.5 Å². The summed E-state index contributed by atoms with van der Waals surface area (Å²) in [7, 11) is 5.16. The van der Waals surface area contributed by atoms with Crippen LogP contribution in [0, 0.1) is 6.92 Å². The summed E-state index contributed by atoms with van der Waals surface area (Å²) in [5.41, 5.74) is 2.96. The van der Waals surface area contributed by atoms with Gasteiger partial charge in [-0.05, 0) is 44.3 Å². The minimum absolute atomic E-state index is 0.111. The van der Waals surface area contributed by atoms with Crippen molar-refractivity contribution in [3.63, 3.8) is 0 Å². The highest BCUT2D eigenvalue weighted by molar-refractivity contribution is 5.97. The van der Waals surface area contributed by atoms with Crippen LogP contribution in [-0.2, 0) is 14.3 Å². The Labute approximate surface area is 154 Å². The van der Waals surface area contributed by atoms with Crippen LogP contribution in [0.3, 0.4) is 0 Å². The number of nitrogens with one attached hydrogen (secondary N) is 2. The minimum Gasteiger partial charge on any atom is -0.367 e. The second kappa shape index (κ2) is 9.12. The van der Waals surface area contributed by atoms with E-state index in [0.29, 0.717) is 11.4 Å². The molecule has 0 bridgehead atoms. The molecule has 1 atom stereocenters. The molecular formula is C20H25N3O3. The van der Waals surface area contributed by atoms with Gasteiger partial charge in [0.05, 0.1) is 6.54 Å². The summed E-state index contributed by atoms with van der Waals surface area (Å²) in [5, 5.41) is 5.71. The van der Waals surface area contributed by atoms with Gasteiger partial charge in [0.2, 0.25) is 5.91 Å². The molecule has 2 amide bonds. The SMILES string of the molecule is COC(C(=O)Nc1ccc(C)c(NC(=O)CN(C)C)c1)c1ccccc1. The molecule has 0 aromatic heterocycles. The molecule has 0 aliphatic carbocycles. The van der Waals surface area contributed by atoms with Crippen molar-refractivity contribution in [1.29, 1.82) is 0 Å². The molecule has 0 heterocycles. The van der Waals surface area contributed by atoms with Gasteiger partial charge in [-0.25, -0.2) is 0 Å². The number of rotatable bonds is 7. The second-order valence-electron chi connectivity index (χ2n) is 6.33. The quantitative estimate of drug-likeness (QED) is 0.801. The van der Waals surface area contributed by atoms with Gasteiger partial charge < -0.3 is 20.3 Å². The largest absolute Gasteiger partial charge is 0.367 e. The minimum atomic E-state index is -0.704. The van der Waals surface area contributed by atoms with Gasteiger partial charge >= 0.3 is 0 Å². The Balaban J connectivity index is 2.12. The molecule has 26 heavy (non-hydrogen) atoms. The zero-order valence-corrected chi connectivity index (χ0v) is 15.6. The van der Waals surface area contributed by atoms with Crippen LogP contribution in [0.1, 0.15) is 17.2 Å². The van der Waals surface area contributed by atoms with E-state index in [4.69, 9.17) is 4.74 Å². The molecule has 2 aromatic carbocycles. The van der Waals surface area contributed by atoms with Crippen molar-refractivity contribution in [3.05, 3.63) is 59.7 Å². The van der Waals surface area contributed by atoms with Gasteiger partial charge in [0.25, 0.3) is 5.91 Å². The Morgan fingerprint density at radius 1 is 1.08 bits per heavy atom. The summed E-state index contributed by atoms with van der Waals surface area (Å²) < 4.78 is 5.35. The number of benzene rings is 2. The lowest BCUT2D eigenvalue weighted by atomic mass is 10.1. The number of nitrogens with zero attached hydrogens (tertiary/aromatic N) is 1. The molecule has 0 saturated carbocycles. The summed E-state index contributed by atoms with van der Waals surface area (Å²) in [5.74, 6) is -0.381. The van der Waals surface area contributed by atoms with Gasteiger partial charge in [-0.1, -0.05) is 36.4 Å². The molecular weight excluding hydrogens is 330 g/mol. The Bertz CT molecular complexity index is 760. The lowest BCUT2D eigenvalue weighted by molar-refractivity contribution is -0.126.